The van der Waals surface area contributed by atoms with E-state index in [4.69, 9.17) is 0 Å². The molecule has 17 heavy (non-hydrogen) atoms. The van der Waals surface area contributed by atoms with Gasteiger partial charge in [0.2, 0.25) is 0 Å². The first-order valence-corrected chi connectivity index (χ1v) is 9.28. The van der Waals surface area contributed by atoms with E-state index in [9.17, 15) is 0 Å². The van der Waals surface area contributed by atoms with Gasteiger partial charge in [0.25, 0.3) is 0 Å². The lowest BCUT2D eigenvalue weighted by atomic mass is 9.80. The van der Waals surface area contributed by atoms with Crippen LogP contribution in [0.2, 0.25) is 0 Å². The van der Waals surface area contributed by atoms with E-state index in [2.05, 4.69) is 55.1 Å². The normalized spacial score (nSPS) is 36.5. The summed E-state index contributed by atoms with van der Waals surface area (Å²) in [5.74, 6) is 3.76. The topological polar surface area (TPSA) is 0 Å². The summed E-state index contributed by atoms with van der Waals surface area (Å²) in [6.07, 6.45) is 2.88. The minimum absolute atomic E-state index is 0.154. The zero-order valence-corrected chi connectivity index (χ0v) is 14.1. The number of hydrogen-bond donors (Lipinski definition) is 0. The van der Waals surface area contributed by atoms with Crippen molar-refractivity contribution in [1.29, 1.82) is 0 Å². The molecule has 1 heteroatoms. The molecule has 0 radical (unpaired) electrons. The SMILES string of the molecule is CC[C@@H]1C(C(C)C)C(C)CC1P(C)C(C)(C)C. The molecule has 0 bridgehead atoms. The molecule has 0 spiro atoms. The van der Waals surface area contributed by atoms with Crippen LogP contribution in [-0.2, 0) is 0 Å². The minimum Gasteiger partial charge on any atom is -0.101 e. The van der Waals surface area contributed by atoms with E-state index in [0.717, 1.165) is 29.3 Å². The Labute approximate surface area is 111 Å². The first kappa shape index (κ1) is 15.5. The van der Waals surface area contributed by atoms with Crippen LogP contribution in [0.15, 0.2) is 0 Å². The van der Waals surface area contributed by atoms with Gasteiger partial charge in [-0.2, -0.15) is 0 Å². The van der Waals surface area contributed by atoms with Gasteiger partial charge in [-0.15, -0.1) is 7.92 Å². The molecule has 4 unspecified atom stereocenters. The van der Waals surface area contributed by atoms with E-state index < -0.39 is 0 Å². The zero-order valence-electron chi connectivity index (χ0n) is 13.2. The summed E-state index contributed by atoms with van der Waals surface area (Å²) in [7, 11) is 0.154. The molecule has 0 heterocycles. The highest BCUT2D eigenvalue weighted by Crippen LogP contribution is 2.61. The molecule has 1 saturated carbocycles. The van der Waals surface area contributed by atoms with Crippen LogP contribution >= 0.6 is 7.92 Å². The standard InChI is InChI=1S/C16H33P/c1-9-13-14(17(8)16(5,6)7)10-12(4)15(13)11(2)3/h11-15H,9-10H2,1-8H3/t12?,13-,14?,15?,17?/m0/s1. The van der Waals surface area contributed by atoms with Crippen molar-refractivity contribution in [2.75, 3.05) is 6.66 Å². The Kier molecular flexibility index (Phi) is 5.10. The molecule has 1 aliphatic rings. The predicted molar refractivity (Wildman–Crippen MR) is 82.3 cm³/mol. The molecular formula is C16H33P. The molecule has 0 aromatic carbocycles. The van der Waals surface area contributed by atoms with E-state index >= 15 is 0 Å². The molecular weight excluding hydrogens is 223 g/mol. The Morgan fingerprint density at radius 2 is 1.76 bits per heavy atom. The average molecular weight is 256 g/mol. The van der Waals surface area contributed by atoms with Gasteiger partial charge in [0, 0.05) is 0 Å². The van der Waals surface area contributed by atoms with Crippen molar-refractivity contribution in [2.45, 2.75) is 72.1 Å². The van der Waals surface area contributed by atoms with Crippen LogP contribution in [0.3, 0.4) is 0 Å². The molecule has 1 rings (SSSR count). The fourth-order valence-corrected chi connectivity index (χ4v) is 6.66. The lowest BCUT2D eigenvalue weighted by Gasteiger charge is -2.38. The molecule has 0 aliphatic heterocycles. The smallest absolute Gasteiger partial charge is 0.0173 e. The van der Waals surface area contributed by atoms with Crippen molar-refractivity contribution in [3.63, 3.8) is 0 Å². The molecule has 0 amide bonds. The average Bonchev–Trinajstić information content (AvgIpc) is 2.52. The van der Waals surface area contributed by atoms with Gasteiger partial charge in [-0.3, -0.25) is 0 Å². The summed E-state index contributed by atoms with van der Waals surface area (Å²) in [6, 6.07) is 0. The molecule has 0 saturated heterocycles. The molecule has 1 fully saturated rings. The van der Waals surface area contributed by atoms with Crippen LogP contribution in [-0.4, -0.2) is 17.5 Å². The summed E-state index contributed by atoms with van der Waals surface area (Å²) < 4.78 is 0. The fourth-order valence-electron chi connectivity index (χ4n) is 4.03. The Bertz CT molecular complexity index is 238. The first-order valence-electron chi connectivity index (χ1n) is 7.43. The van der Waals surface area contributed by atoms with Gasteiger partial charge in [0.1, 0.15) is 0 Å². The Morgan fingerprint density at radius 1 is 1.24 bits per heavy atom. The lowest BCUT2D eigenvalue weighted by Crippen LogP contribution is -2.26. The summed E-state index contributed by atoms with van der Waals surface area (Å²) in [5, 5.41) is 0.527. The summed E-state index contributed by atoms with van der Waals surface area (Å²) in [4.78, 5) is 0. The number of hydrogen-bond acceptors (Lipinski definition) is 0. The van der Waals surface area contributed by atoms with Crippen molar-refractivity contribution in [2.24, 2.45) is 23.7 Å². The third-order valence-electron chi connectivity index (χ3n) is 5.06. The van der Waals surface area contributed by atoms with Crippen molar-refractivity contribution in [3.8, 4) is 0 Å². The maximum atomic E-state index is 2.55. The van der Waals surface area contributed by atoms with Crippen LogP contribution < -0.4 is 0 Å². The van der Waals surface area contributed by atoms with Gasteiger partial charge >= 0.3 is 0 Å². The van der Waals surface area contributed by atoms with Gasteiger partial charge < -0.3 is 0 Å². The summed E-state index contributed by atoms with van der Waals surface area (Å²) in [5.41, 5.74) is 1.01. The molecule has 5 atom stereocenters. The first-order chi connectivity index (χ1) is 7.70. The van der Waals surface area contributed by atoms with Gasteiger partial charge in [-0.05, 0) is 47.6 Å². The third kappa shape index (κ3) is 3.25. The van der Waals surface area contributed by atoms with Crippen molar-refractivity contribution >= 4 is 7.92 Å². The van der Waals surface area contributed by atoms with E-state index in [1.165, 1.54) is 12.8 Å². The largest absolute Gasteiger partial charge is 0.101 e. The molecule has 0 nitrogen and oxygen atoms in total. The van der Waals surface area contributed by atoms with Crippen LogP contribution in [0.5, 0.6) is 0 Å². The van der Waals surface area contributed by atoms with Crippen LogP contribution in [0, 0.1) is 23.7 Å². The van der Waals surface area contributed by atoms with Gasteiger partial charge in [-0.1, -0.05) is 54.9 Å². The maximum absolute atomic E-state index is 2.55. The Hall–Kier alpha value is 0.430. The maximum Gasteiger partial charge on any atom is -0.0173 e. The van der Waals surface area contributed by atoms with Crippen molar-refractivity contribution < 1.29 is 0 Å². The van der Waals surface area contributed by atoms with Crippen LogP contribution in [0.4, 0.5) is 0 Å². The highest BCUT2D eigenvalue weighted by molar-refractivity contribution is 7.59. The van der Waals surface area contributed by atoms with E-state index in [1.54, 1.807) is 0 Å². The molecule has 0 N–H and O–H groups in total. The molecule has 0 aromatic heterocycles. The monoisotopic (exact) mass is 256 g/mol. The third-order valence-corrected chi connectivity index (χ3v) is 8.76. The van der Waals surface area contributed by atoms with Gasteiger partial charge in [0.05, 0.1) is 0 Å². The van der Waals surface area contributed by atoms with Gasteiger partial charge in [0.15, 0.2) is 0 Å². The highest BCUT2D eigenvalue weighted by Gasteiger charge is 2.45. The van der Waals surface area contributed by atoms with Crippen LogP contribution in [0.1, 0.15) is 61.3 Å². The van der Waals surface area contributed by atoms with E-state index in [-0.39, 0.29) is 7.92 Å². The van der Waals surface area contributed by atoms with Gasteiger partial charge in [-0.25, -0.2) is 0 Å². The lowest BCUT2D eigenvalue weighted by molar-refractivity contribution is 0.238. The number of rotatable bonds is 3. The minimum atomic E-state index is 0.154. The Balaban J connectivity index is 2.88. The highest BCUT2D eigenvalue weighted by atomic mass is 31.1. The van der Waals surface area contributed by atoms with E-state index in [1.807, 2.05) is 0 Å². The molecule has 1 aliphatic carbocycles. The van der Waals surface area contributed by atoms with Crippen LogP contribution in [0.25, 0.3) is 0 Å². The van der Waals surface area contributed by atoms with Crippen molar-refractivity contribution in [3.05, 3.63) is 0 Å². The quantitative estimate of drug-likeness (QED) is 0.576. The van der Waals surface area contributed by atoms with E-state index in [0.29, 0.717) is 5.16 Å². The molecule has 0 aromatic rings. The Morgan fingerprint density at radius 3 is 2.12 bits per heavy atom. The fraction of sp³-hybridized carbons (Fsp3) is 1.00. The summed E-state index contributed by atoms with van der Waals surface area (Å²) >= 11 is 0. The zero-order chi connectivity index (χ0) is 13.4. The second-order valence-corrected chi connectivity index (χ2v) is 10.7. The van der Waals surface area contributed by atoms with Crippen molar-refractivity contribution in [1.82, 2.24) is 0 Å². The second kappa shape index (κ2) is 5.60. The predicted octanol–water partition coefficient (Wildman–Crippen LogP) is 5.60. The molecule has 102 valence electrons. The second-order valence-electron chi connectivity index (χ2n) is 7.46. The summed E-state index contributed by atoms with van der Waals surface area (Å²) in [6.45, 7) is 19.7.